The van der Waals surface area contributed by atoms with E-state index >= 15 is 0 Å². The van der Waals surface area contributed by atoms with Gasteiger partial charge in [0.15, 0.2) is 0 Å². The molecule has 1 fully saturated rings. The molecular weight excluding hydrogens is 314 g/mol. The maximum atomic E-state index is 4.62. The summed E-state index contributed by atoms with van der Waals surface area (Å²) in [4.78, 5) is 4.62. The van der Waals surface area contributed by atoms with E-state index in [4.69, 9.17) is 0 Å². The maximum Gasteiger partial charge on any atom is 0.0702 e. The van der Waals surface area contributed by atoms with Gasteiger partial charge in [0, 0.05) is 11.8 Å². The molecule has 0 saturated heterocycles. The molecular formula is C25H35N. The number of benzene rings is 1. The Kier molecular flexibility index (Phi) is 6.88. The second-order valence-electron chi connectivity index (χ2n) is 8.27. The van der Waals surface area contributed by atoms with Gasteiger partial charge in [-0.25, -0.2) is 0 Å². The molecule has 0 bridgehead atoms. The second-order valence-corrected chi connectivity index (χ2v) is 8.27. The van der Waals surface area contributed by atoms with Crippen LogP contribution in [0, 0.1) is 11.8 Å². The molecule has 3 atom stereocenters. The van der Waals surface area contributed by atoms with Crippen LogP contribution in [0.4, 0.5) is 0 Å². The van der Waals surface area contributed by atoms with Crippen molar-refractivity contribution in [3.05, 3.63) is 53.7 Å². The van der Waals surface area contributed by atoms with Crippen molar-refractivity contribution in [2.45, 2.75) is 78.1 Å². The number of hydrogen-bond donors (Lipinski definition) is 0. The average Bonchev–Trinajstić information content (AvgIpc) is 2.69. The summed E-state index contributed by atoms with van der Waals surface area (Å²) in [6.07, 6.45) is 12.8. The third kappa shape index (κ3) is 4.75. The number of unbranched alkanes of at least 4 members (excludes halogenated alkanes) is 2. The lowest BCUT2D eigenvalue weighted by molar-refractivity contribution is 0.215. The zero-order valence-corrected chi connectivity index (χ0v) is 16.9. The van der Waals surface area contributed by atoms with Crippen LogP contribution < -0.4 is 0 Å². The fourth-order valence-electron chi connectivity index (χ4n) is 4.58. The van der Waals surface area contributed by atoms with Gasteiger partial charge in [-0.3, -0.25) is 4.98 Å². The average molecular weight is 350 g/mol. The number of nitrogens with zero attached hydrogens (tertiary/aromatic N) is 1. The highest BCUT2D eigenvalue weighted by molar-refractivity contribution is 5.59. The predicted molar refractivity (Wildman–Crippen MR) is 112 cm³/mol. The van der Waals surface area contributed by atoms with Crippen molar-refractivity contribution in [2.75, 3.05) is 0 Å². The van der Waals surface area contributed by atoms with Gasteiger partial charge >= 0.3 is 0 Å². The van der Waals surface area contributed by atoms with Gasteiger partial charge in [-0.05, 0) is 60.6 Å². The summed E-state index contributed by atoms with van der Waals surface area (Å²) in [5.74, 6) is 2.57. The molecule has 0 aliphatic heterocycles. The van der Waals surface area contributed by atoms with Gasteiger partial charge in [-0.15, -0.1) is 0 Å². The smallest absolute Gasteiger partial charge is 0.0702 e. The van der Waals surface area contributed by atoms with Crippen LogP contribution in [-0.2, 0) is 6.42 Å². The van der Waals surface area contributed by atoms with Gasteiger partial charge in [0.25, 0.3) is 0 Å². The summed E-state index contributed by atoms with van der Waals surface area (Å²) in [5.41, 5.74) is 5.15. The van der Waals surface area contributed by atoms with E-state index < -0.39 is 0 Å². The van der Waals surface area contributed by atoms with Gasteiger partial charge < -0.3 is 0 Å². The zero-order chi connectivity index (χ0) is 18.4. The summed E-state index contributed by atoms with van der Waals surface area (Å²) in [6.45, 7) is 6.96. The number of aryl methyl sites for hydroxylation is 1. The Morgan fingerprint density at radius 3 is 2.38 bits per heavy atom. The van der Waals surface area contributed by atoms with Crippen LogP contribution in [0.15, 0.2) is 42.6 Å². The Hall–Kier alpha value is -1.63. The molecule has 2 aromatic rings. The first-order chi connectivity index (χ1) is 12.7. The Labute approximate surface area is 160 Å². The SMILES string of the molecule is CCCCC[C@@H]1CC[C@H](c2ccc(-c3ccc(CC)cn3)cc2)C[C@H]1C. The van der Waals surface area contributed by atoms with Crippen LogP contribution in [0.1, 0.15) is 82.8 Å². The number of aromatic nitrogens is 1. The van der Waals surface area contributed by atoms with Gasteiger partial charge in [0.2, 0.25) is 0 Å². The van der Waals surface area contributed by atoms with Crippen molar-refractivity contribution in [1.82, 2.24) is 4.98 Å². The normalized spacial score (nSPS) is 23.1. The highest BCUT2D eigenvalue weighted by Gasteiger charge is 2.27. The summed E-state index contributed by atoms with van der Waals surface area (Å²) in [7, 11) is 0. The minimum Gasteiger partial charge on any atom is -0.256 e. The first-order valence-electron chi connectivity index (χ1n) is 10.8. The van der Waals surface area contributed by atoms with Crippen LogP contribution in [0.3, 0.4) is 0 Å². The summed E-state index contributed by atoms with van der Waals surface area (Å²) < 4.78 is 0. The molecule has 1 heterocycles. The van der Waals surface area contributed by atoms with Crippen LogP contribution in [0.2, 0.25) is 0 Å². The van der Waals surface area contributed by atoms with E-state index in [0.29, 0.717) is 0 Å². The number of pyridine rings is 1. The van der Waals surface area contributed by atoms with Gasteiger partial charge in [0.05, 0.1) is 5.69 Å². The quantitative estimate of drug-likeness (QED) is 0.474. The molecule has 1 aliphatic rings. The topological polar surface area (TPSA) is 12.9 Å². The van der Waals surface area contributed by atoms with Gasteiger partial charge in [0.1, 0.15) is 0 Å². The van der Waals surface area contributed by atoms with Crippen LogP contribution >= 0.6 is 0 Å². The molecule has 1 saturated carbocycles. The van der Waals surface area contributed by atoms with E-state index in [0.717, 1.165) is 29.9 Å². The van der Waals surface area contributed by atoms with Crippen LogP contribution in [-0.4, -0.2) is 4.98 Å². The van der Waals surface area contributed by atoms with E-state index in [1.165, 1.54) is 61.6 Å². The molecule has 0 radical (unpaired) electrons. The zero-order valence-electron chi connectivity index (χ0n) is 16.9. The van der Waals surface area contributed by atoms with Gasteiger partial charge in [-0.2, -0.15) is 0 Å². The molecule has 1 nitrogen and oxygen atoms in total. The van der Waals surface area contributed by atoms with Crippen molar-refractivity contribution in [3.8, 4) is 11.3 Å². The Bertz CT molecular complexity index is 656. The van der Waals surface area contributed by atoms with Crippen LogP contribution in [0.5, 0.6) is 0 Å². The van der Waals surface area contributed by atoms with E-state index in [1.807, 2.05) is 6.20 Å². The molecule has 1 aliphatic carbocycles. The standard InChI is InChI=1S/C25H35N/c1-4-6-7-8-21-10-15-24(17-19(21)3)22-11-13-23(14-12-22)25-16-9-20(5-2)18-26-25/h9,11-14,16,18-19,21,24H,4-8,10,15,17H2,1-3H3/t19-,21-,24+/m1/s1. The van der Waals surface area contributed by atoms with Gasteiger partial charge in [-0.1, -0.05) is 76.8 Å². The lowest BCUT2D eigenvalue weighted by Crippen LogP contribution is -2.22. The van der Waals surface area contributed by atoms with Crippen LogP contribution in [0.25, 0.3) is 11.3 Å². The lowest BCUT2D eigenvalue weighted by atomic mass is 9.71. The predicted octanol–water partition coefficient (Wildman–Crippen LogP) is 7.41. The first kappa shape index (κ1) is 19.1. The lowest BCUT2D eigenvalue weighted by Gasteiger charge is -2.34. The molecule has 1 aromatic carbocycles. The number of rotatable bonds is 7. The molecule has 0 unspecified atom stereocenters. The molecule has 1 heteroatoms. The molecule has 140 valence electrons. The molecule has 3 rings (SSSR count). The summed E-state index contributed by atoms with van der Waals surface area (Å²) in [6, 6.07) is 13.6. The molecule has 0 amide bonds. The van der Waals surface area contributed by atoms with E-state index in [-0.39, 0.29) is 0 Å². The maximum absolute atomic E-state index is 4.62. The highest BCUT2D eigenvalue weighted by atomic mass is 14.7. The third-order valence-corrected chi connectivity index (χ3v) is 6.44. The fraction of sp³-hybridized carbons (Fsp3) is 0.560. The second kappa shape index (κ2) is 9.35. The highest BCUT2D eigenvalue weighted by Crippen LogP contribution is 2.41. The molecule has 0 spiro atoms. The molecule has 26 heavy (non-hydrogen) atoms. The Balaban J connectivity index is 1.60. The van der Waals surface area contributed by atoms with Crippen molar-refractivity contribution < 1.29 is 0 Å². The fourth-order valence-corrected chi connectivity index (χ4v) is 4.58. The van der Waals surface area contributed by atoms with Crippen molar-refractivity contribution >= 4 is 0 Å². The molecule has 1 aromatic heterocycles. The van der Waals surface area contributed by atoms with E-state index in [1.54, 1.807) is 0 Å². The summed E-state index contributed by atoms with van der Waals surface area (Å²) >= 11 is 0. The van der Waals surface area contributed by atoms with E-state index in [9.17, 15) is 0 Å². The monoisotopic (exact) mass is 349 g/mol. The largest absolute Gasteiger partial charge is 0.256 e. The molecule has 0 N–H and O–H groups in total. The van der Waals surface area contributed by atoms with Crippen molar-refractivity contribution in [1.29, 1.82) is 0 Å². The number of hydrogen-bond acceptors (Lipinski definition) is 1. The van der Waals surface area contributed by atoms with Crippen molar-refractivity contribution in [2.24, 2.45) is 11.8 Å². The summed E-state index contributed by atoms with van der Waals surface area (Å²) in [5, 5.41) is 0. The Morgan fingerprint density at radius 2 is 1.77 bits per heavy atom. The minimum absolute atomic E-state index is 0.747. The first-order valence-corrected chi connectivity index (χ1v) is 10.8. The van der Waals surface area contributed by atoms with Crippen molar-refractivity contribution in [3.63, 3.8) is 0 Å². The minimum atomic E-state index is 0.747. The third-order valence-electron chi connectivity index (χ3n) is 6.44. The van der Waals surface area contributed by atoms with E-state index in [2.05, 4.69) is 62.2 Å². The Morgan fingerprint density at radius 1 is 0.962 bits per heavy atom.